The van der Waals surface area contributed by atoms with E-state index in [1.54, 1.807) is 0 Å². The predicted octanol–water partition coefficient (Wildman–Crippen LogP) is 3.16. The molecule has 0 aromatic heterocycles. The van der Waals surface area contributed by atoms with Gasteiger partial charge in [-0.05, 0) is 31.4 Å². The first-order valence-electron chi connectivity index (χ1n) is 5.32. The molecule has 2 nitrogen and oxygen atoms in total. The second-order valence-corrected chi connectivity index (χ2v) is 4.30. The molecule has 1 amide bonds. The highest BCUT2D eigenvalue weighted by Crippen LogP contribution is 2.30. The summed E-state index contributed by atoms with van der Waals surface area (Å²) in [4.78, 5) is 13.8. The molecule has 1 aliphatic rings. The molecule has 16 heavy (non-hydrogen) atoms. The molecule has 3 heteroatoms. The Hall–Kier alpha value is -1.28. The van der Waals surface area contributed by atoms with Crippen molar-refractivity contribution < 1.29 is 4.79 Å². The molecule has 0 aliphatic carbocycles. The number of carbonyl (C=O) groups excluding carboxylic acids is 1. The summed E-state index contributed by atoms with van der Waals surface area (Å²) in [6, 6.07) is 6.06. The maximum absolute atomic E-state index is 12.0. The number of hydrogen-bond acceptors (Lipinski definition) is 1. The van der Waals surface area contributed by atoms with E-state index in [0.717, 1.165) is 29.8 Å². The van der Waals surface area contributed by atoms with E-state index >= 15 is 0 Å². The zero-order valence-corrected chi connectivity index (χ0v) is 10.2. The molecule has 0 bridgehead atoms. The molecule has 2 rings (SSSR count). The molecule has 1 saturated heterocycles. The highest BCUT2D eigenvalue weighted by molar-refractivity contribution is 6.28. The Kier molecular flexibility index (Phi) is 3.01. The average Bonchev–Trinajstić information content (AvgIpc) is 2.60. The zero-order valence-electron chi connectivity index (χ0n) is 9.46. The molecule has 1 aliphatic heterocycles. The first kappa shape index (κ1) is 11.2. The maximum Gasteiger partial charge on any atom is 0.255 e. The molecular weight excluding hydrogens is 222 g/mol. The van der Waals surface area contributed by atoms with Gasteiger partial charge in [0.2, 0.25) is 0 Å². The topological polar surface area (TPSA) is 20.3 Å². The van der Waals surface area contributed by atoms with Gasteiger partial charge in [0.05, 0.1) is 0 Å². The minimum atomic E-state index is 0.0346. The molecule has 0 unspecified atom stereocenters. The Morgan fingerprint density at radius 2 is 1.94 bits per heavy atom. The summed E-state index contributed by atoms with van der Waals surface area (Å²) >= 11 is 5.63. The fraction of sp³-hybridized carbons (Fsp3) is 0.308. The number of amides is 1. The van der Waals surface area contributed by atoms with Crippen LogP contribution in [0.3, 0.4) is 0 Å². The lowest BCUT2D eigenvalue weighted by atomic mass is 10.1. The van der Waals surface area contributed by atoms with Crippen molar-refractivity contribution >= 4 is 23.2 Å². The van der Waals surface area contributed by atoms with Crippen LogP contribution in [0.15, 0.2) is 29.3 Å². The second kappa shape index (κ2) is 4.30. The van der Waals surface area contributed by atoms with Crippen LogP contribution in [0.5, 0.6) is 0 Å². The van der Waals surface area contributed by atoms with Gasteiger partial charge < -0.3 is 4.90 Å². The maximum atomic E-state index is 12.0. The van der Waals surface area contributed by atoms with Crippen LogP contribution in [0.1, 0.15) is 17.5 Å². The lowest BCUT2D eigenvalue weighted by Gasteiger charge is -2.20. The number of benzene rings is 1. The van der Waals surface area contributed by atoms with E-state index in [1.807, 2.05) is 36.9 Å². The normalized spacial score (nSPS) is 18.6. The molecule has 1 aromatic carbocycles. The van der Waals surface area contributed by atoms with Crippen molar-refractivity contribution in [3.8, 4) is 0 Å². The van der Waals surface area contributed by atoms with Crippen LogP contribution in [0, 0.1) is 13.8 Å². The molecule has 1 aromatic rings. The van der Waals surface area contributed by atoms with Crippen molar-refractivity contribution in [2.45, 2.75) is 20.3 Å². The number of para-hydroxylation sites is 1. The number of carbonyl (C=O) groups is 1. The van der Waals surface area contributed by atoms with Gasteiger partial charge in [-0.15, -0.1) is 0 Å². The van der Waals surface area contributed by atoms with Crippen LogP contribution in [-0.4, -0.2) is 12.5 Å². The minimum Gasteiger partial charge on any atom is -0.308 e. The summed E-state index contributed by atoms with van der Waals surface area (Å²) in [5.41, 5.74) is 5.38. The summed E-state index contributed by atoms with van der Waals surface area (Å²) in [6.07, 6.45) is 0.732. The highest BCUT2D eigenvalue weighted by atomic mass is 35.5. The lowest BCUT2D eigenvalue weighted by Crippen LogP contribution is -2.26. The van der Waals surface area contributed by atoms with Crippen LogP contribution in [0.25, 0.3) is 0 Å². The Morgan fingerprint density at radius 1 is 1.31 bits per heavy atom. The number of nitrogens with zero attached hydrogens (tertiary/aromatic N) is 1. The average molecular weight is 236 g/mol. The van der Waals surface area contributed by atoms with E-state index in [4.69, 9.17) is 11.6 Å². The largest absolute Gasteiger partial charge is 0.308 e. The smallest absolute Gasteiger partial charge is 0.255 e. The first-order chi connectivity index (χ1) is 7.65. The predicted molar refractivity (Wildman–Crippen MR) is 66.8 cm³/mol. The van der Waals surface area contributed by atoms with Crippen molar-refractivity contribution in [2.75, 3.05) is 11.4 Å². The monoisotopic (exact) mass is 235 g/mol. The van der Waals surface area contributed by atoms with E-state index in [0.29, 0.717) is 5.57 Å². The summed E-state index contributed by atoms with van der Waals surface area (Å²) in [6.45, 7) is 4.78. The van der Waals surface area contributed by atoms with E-state index in [9.17, 15) is 4.79 Å². The van der Waals surface area contributed by atoms with Gasteiger partial charge in [-0.1, -0.05) is 29.8 Å². The van der Waals surface area contributed by atoms with Gasteiger partial charge in [-0.2, -0.15) is 0 Å². The standard InChI is InChI=1S/C13H14ClNO/c1-9-4-3-5-10(2)12(9)15-7-6-11(8-14)13(15)16/h3-5,8H,6-7H2,1-2H3. The van der Waals surface area contributed by atoms with Crippen molar-refractivity contribution in [1.82, 2.24) is 0 Å². The Labute approximate surface area is 101 Å². The number of rotatable bonds is 1. The van der Waals surface area contributed by atoms with E-state index in [-0.39, 0.29) is 5.91 Å². The third kappa shape index (κ3) is 1.74. The minimum absolute atomic E-state index is 0.0346. The van der Waals surface area contributed by atoms with Gasteiger partial charge in [0.25, 0.3) is 5.91 Å². The van der Waals surface area contributed by atoms with Gasteiger partial charge in [0.15, 0.2) is 0 Å². The fourth-order valence-corrected chi connectivity index (χ4v) is 2.36. The highest BCUT2D eigenvalue weighted by Gasteiger charge is 2.28. The number of halogens is 1. The van der Waals surface area contributed by atoms with Crippen molar-refractivity contribution in [3.05, 3.63) is 40.4 Å². The van der Waals surface area contributed by atoms with Gasteiger partial charge in [0, 0.05) is 23.3 Å². The molecule has 1 fully saturated rings. The van der Waals surface area contributed by atoms with E-state index in [2.05, 4.69) is 0 Å². The first-order valence-corrected chi connectivity index (χ1v) is 5.76. The van der Waals surface area contributed by atoms with Crippen molar-refractivity contribution in [1.29, 1.82) is 0 Å². The Bertz CT molecular complexity index is 445. The third-order valence-electron chi connectivity index (χ3n) is 2.97. The van der Waals surface area contributed by atoms with Crippen LogP contribution in [-0.2, 0) is 4.79 Å². The molecule has 0 N–H and O–H groups in total. The van der Waals surface area contributed by atoms with Crippen LogP contribution in [0.4, 0.5) is 5.69 Å². The number of anilines is 1. The second-order valence-electron chi connectivity index (χ2n) is 4.08. The zero-order chi connectivity index (χ0) is 11.7. The summed E-state index contributed by atoms with van der Waals surface area (Å²) in [5, 5.41) is 0. The summed E-state index contributed by atoms with van der Waals surface area (Å²) < 4.78 is 0. The molecule has 0 spiro atoms. The van der Waals surface area contributed by atoms with Gasteiger partial charge in [0.1, 0.15) is 0 Å². The van der Waals surface area contributed by atoms with Crippen LogP contribution in [0.2, 0.25) is 0 Å². The lowest BCUT2D eigenvalue weighted by molar-refractivity contribution is -0.114. The molecular formula is C13H14ClNO. The molecule has 0 radical (unpaired) electrons. The molecule has 0 saturated carbocycles. The summed E-state index contributed by atoms with van der Waals surface area (Å²) in [5.74, 6) is 0.0346. The van der Waals surface area contributed by atoms with Gasteiger partial charge in [-0.3, -0.25) is 4.79 Å². The van der Waals surface area contributed by atoms with Gasteiger partial charge >= 0.3 is 0 Å². The summed E-state index contributed by atoms with van der Waals surface area (Å²) in [7, 11) is 0. The molecule has 0 atom stereocenters. The quantitative estimate of drug-likeness (QED) is 0.685. The molecule has 84 valence electrons. The van der Waals surface area contributed by atoms with Gasteiger partial charge in [-0.25, -0.2) is 0 Å². The van der Waals surface area contributed by atoms with Crippen LogP contribution >= 0.6 is 11.6 Å². The molecule has 1 heterocycles. The number of hydrogen-bond donors (Lipinski definition) is 0. The SMILES string of the molecule is Cc1cccc(C)c1N1CCC(=CCl)C1=O. The Balaban J connectivity index is 2.43. The van der Waals surface area contributed by atoms with Crippen molar-refractivity contribution in [3.63, 3.8) is 0 Å². The van der Waals surface area contributed by atoms with Crippen molar-refractivity contribution in [2.24, 2.45) is 0 Å². The van der Waals surface area contributed by atoms with E-state index < -0.39 is 0 Å². The third-order valence-corrected chi connectivity index (χ3v) is 3.23. The van der Waals surface area contributed by atoms with Crippen LogP contribution < -0.4 is 4.90 Å². The number of aryl methyl sites for hydroxylation is 2. The van der Waals surface area contributed by atoms with E-state index in [1.165, 1.54) is 5.54 Å². The Morgan fingerprint density at radius 3 is 2.44 bits per heavy atom. The fourth-order valence-electron chi connectivity index (χ4n) is 2.16.